The van der Waals surface area contributed by atoms with Crippen molar-refractivity contribution >= 4 is 23.5 Å². The molecule has 32 heavy (non-hydrogen) atoms. The third kappa shape index (κ3) is 5.02. The van der Waals surface area contributed by atoms with Gasteiger partial charge in [-0.25, -0.2) is 9.37 Å². The second kappa shape index (κ2) is 9.99. The summed E-state index contributed by atoms with van der Waals surface area (Å²) < 4.78 is 19.6. The number of ether oxygens (including phenoxy) is 1. The van der Waals surface area contributed by atoms with Crippen LogP contribution < -0.4 is 15.6 Å². The lowest BCUT2D eigenvalue weighted by Gasteiger charge is -2.24. The number of fused-ring (bicyclic) bond motifs is 1. The van der Waals surface area contributed by atoms with Crippen molar-refractivity contribution in [3.05, 3.63) is 81.4 Å². The summed E-state index contributed by atoms with van der Waals surface area (Å²) in [5.74, 6) is 0.421. The lowest BCUT2D eigenvalue weighted by Crippen LogP contribution is -2.31. The lowest BCUT2D eigenvalue weighted by molar-refractivity contribution is -0.116. The van der Waals surface area contributed by atoms with Gasteiger partial charge in [0.15, 0.2) is 5.16 Å². The summed E-state index contributed by atoms with van der Waals surface area (Å²) in [6.07, 6.45) is 2.20. The fourth-order valence-corrected chi connectivity index (χ4v) is 4.44. The van der Waals surface area contributed by atoms with Crippen LogP contribution in [0.25, 0.3) is 0 Å². The summed E-state index contributed by atoms with van der Waals surface area (Å²) in [4.78, 5) is 32.5. The number of hydrogen-bond acceptors (Lipinski definition) is 5. The van der Waals surface area contributed by atoms with Gasteiger partial charge >= 0.3 is 0 Å². The van der Waals surface area contributed by atoms with E-state index in [0.29, 0.717) is 28.6 Å². The minimum absolute atomic E-state index is 0.162. The number of rotatable bonds is 8. The van der Waals surface area contributed by atoms with E-state index in [4.69, 9.17) is 4.74 Å². The van der Waals surface area contributed by atoms with Crippen LogP contribution in [-0.4, -0.2) is 22.5 Å². The molecule has 1 amide bonds. The molecule has 0 aliphatic carbocycles. The predicted octanol–water partition coefficient (Wildman–Crippen LogP) is 4.85. The van der Waals surface area contributed by atoms with Crippen LogP contribution >= 0.6 is 11.8 Å². The quantitative estimate of drug-likeness (QED) is 0.289. The summed E-state index contributed by atoms with van der Waals surface area (Å²) in [7, 11) is 0. The van der Waals surface area contributed by atoms with Crippen molar-refractivity contribution in [1.29, 1.82) is 0 Å². The molecular weight excluding hydrogens is 429 g/mol. The third-order valence-corrected chi connectivity index (χ3v) is 6.22. The zero-order valence-electron chi connectivity index (χ0n) is 17.7. The van der Waals surface area contributed by atoms with Crippen molar-refractivity contribution in [2.75, 3.05) is 11.9 Å². The Morgan fingerprint density at radius 1 is 1.16 bits per heavy atom. The molecule has 0 spiro atoms. The van der Waals surface area contributed by atoms with Crippen LogP contribution in [0.4, 0.5) is 10.2 Å². The molecule has 0 fully saturated rings. The zero-order chi connectivity index (χ0) is 22.5. The molecule has 8 heteroatoms. The van der Waals surface area contributed by atoms with Gasteiger partial charge in [-0.3, -0.25) is 9.59 Å². The number of thioether (sulfide) groups is 1. The predicted molar refractivity (Wildman–Crippen MR) is 123 cm³/mol. The maximum Gasteiger partial charge on any atom is 0.257 e. The van der Waals surface area contributed by atoms with Crippen LogP contribution in [0.2, 0.25) is 0 Å². The molecule has 4 rings (SSSR count). The van der Waals surface area contributed by atoms with E-state index in [1.54, 1.807) is 18.2 Å². The molecule has 6 nitrogen and oxygen atoms in total. The van der Waals surface area contributed by atoms with Gasteiger partial charge in [0.25, 0.3) is 5.56 Å². The molecular formula is C24H24FN3O3S. The maximum absolute atomic E-state index is 13.9. The van der Waals surface area contributed by atoms with Gasteiger partial charge in [0.2, 0.25) is 5.91 Å². The summed E-state index contributed by atoms with van der Waals surface area (Å²) in [6.45, 7) is 2.76. The smallest absolute Gasteiger partial charge is 0.257 e. The molecule has 2 N–H and O–H groups in total. The number of nitrogens with one attached hydrogen (secondary N) is 2. The normalized spacial score (nSPS) is 15.2. The Balaban J connectivity index is 1.56. The Morgan fingerprint density at radius 2 is 1.94 bits per heavy atom. The molecule has 3 aromatic rings. The number of hydrogen-bond donors (Lipinski definition) is 2. The number of benzene rings is 2. The molecule has 0 saturated heterocycles. The van der Waals surface area contributed by atoms with E-state index in [0.717, 1.165) is 24.2 Å². The van der Waals surface area contributed by atoms with Crippen molar-refractivity contribution < 1.29 is 13.9 Å². The number of anilines is 1. The fraction of sp³-hybridized carbons (Fsp3) is 0.292. The van der Waals surface area contributed by atoms with E-state index in [1.165, 1.54) is 17.8 Å². The van der Waals surface area contributed by atoms with E-state index in [9.17, 15) is 14.0 Å². The Bertz CT molecular complexity index is 1160. The molecule has 1 aromatic heterocycles. The topological polar surface area (TPSA) is 84.1 Å². The second-order valence-corrected chi connectivity index (χ2v) is 8.55. The zero-order valence-corrected chi connectivity index (χ0v) is 18.5. The Morgan fingerprint density at radius 3 is 2.69 bits per heavy atom. The number of carbonyl (C=O) groups is 1. The Labute approximate surface area is 189 Å². The highest BCUT2D eigenvalue weighted by atomic mass is 32.2. The first kappa shape index (κ1) is 22.1. The van der Waals surface area contributed by atoms with Gasteiger partial charge < -0.3 is 15.0 Å². The monoisotopic (exact) mass is 453 g/mol. The van der Waals surface area contributed by atoms with Gasteiger partial charge in [0, 0.05) is 18.1 Å². The van der Waals surface area contributed by atoms with E-state index >= 15 is 0 Å². The van der Waals surface area contributed by atoms with E-state index < -0.39 is 5.92 Å². The highest BCUT2D eigenvalue weighted by Crippen LogP contribution is 2.35. The van der Waals surface area contributed by atoms with Crippen molar-refractivity contribution in [3.63, 3.8) is 0 Å². The molecule has 1 aliphatic rings. The van der Waals surface area contributed by atoms with Gasteiger partial charge in [-0.15, -0.1) is 0 Å². The first-order valence-corrected chi connectivity index (χ1v) is 11.6. The summed E-state index contributed by atoms with van der Waals surface area (Å²) >= 11 is 1.21. The first-order valence-electron chi connectivity index (χ1n) is 10.6. The molecule has 0 saturated carbocycles. The van der Waals surface area contributed by atoms with Gasteiger partial charge in [0.05, 0.1) is 12.2 Å². The van der Waals surface area contributed by atoms with Crippen LogP contribution in [0.15, 0.2) is 58.5 Å². The molecule has 2 heterocycles. The van der Waals surface area contributed by atoms with Crippen LogP contribution in [0.5, 0.6) is 5.75 Å². The maximum atomic E-state index is 13.9. The van der Waals surface area contributed by atoms with E-state index in [1.807, 2.05) is 24.3 Å². The minimum atomic E-state index is -0.398. The average molecular weight is 454 g/mol. The van der Waals surface area contributed by atoms with Crippen molar-refractivity contribution in [1.82, 2.24) is 9.97 Å². The highest BCUT2D eigenvalue weighted by molar-refractivity contribution is 7.98. The number of amides is 1. The Hall–Kier alpha value is -3.13. The second-order valence-electron chi connectivity index (χ2n) is 7.59. The number of aromatic amines is 1. The molecule has 2 aromatic carbocycles. The molecule has 1 unspecified atom stereocenters. The number of carbonyl (C=O) groups excluding carboxylic acids is 1. The Kier molecular flexibility index (Phi) is 6.90. The minimum Gasteiger partial charge on any atom is -0.494 e. The first-order chi connectivity index (χ1) is 15.5. The van der Waals surface area contributed by atoms with Gasteiger partial charge in [-0.05, 0) is 35.7 Å². The number of unbranched alkanes of at least 4 members (excludes halogenated alkanes) is 1. The van der Waals surface area contributed by atoms with Crippen molar-refractivity contribution in [2.45, 2.75) is 43.0 Å². The average Bonchev–Trinajstić information content (AvgIpc) is 2.78. The molecule has 166 valence electrons. The number of aromatic nitrogens is 2. The summed E-state index contributed by atoms with van der Waals surface area (Å²) in [6, 6.07) is 13.9. The summed E-state index contributed by atoms with van der Waals surface area (Å²) in [5.41, 5.74) is 1.49. The van der Waals surface area contributed by atoms with Crippen LogP contribution in [-0.2, 0) is 10.5 Å². The van der Waals surface area contributed by atoms with Gasteiger partial charge in [-0.2, -0.15) is 0 Å². The summed E-state index contributed by atoms with van der Waals surface area (Å²) in [5, 5.41) is 3.05. The van der Waals surface area contributed by atoms with Gasteiger partial charge in [0.1, 0.15) is 17.4 Å². The van der Waals surface area contributed by atoms with Crippen LogP contribution in [0.1, 0.15) is 48.8 Å². The molecule has 1 atom stereocenters. The number of H-pyrrole nitrogens is 1. The van der Waals surface area contributed by atoms with Crippen LogP contribution in [0, 0.1) is 5.82 Å². The molecule has 0 radical (unpaired) electrons. The SMILES string of the molecule is CCCCOc1ccc(C2CC(=O)Nc3nc(SCc4ccccc4F)[nH]c(=O)c32)cc1. The standard InChI is InChI=1S/C24H24FN3O3S/c1-2-3-12-31-17-10-8-15(9-11-17)18-13-20(29)26-22-21(18)23(30)28-24(27-22)32-14-16-6-4-5-7-19(16)25/h4-11,18H,2-3,12-14H2,1H3,(H2,26,27,28,29,30). The lowest BCUT2D eigenvalue weighted by atomic mass is 9.87. The fourth-order valence-electron chi connectivity index (χ4n) is 3.60. The van der Waals surface area contributed by atoms with E-state index in [-0.39, 0.29) is 29.5 Å². The third-order valence-electron chi connectivity index (χ3n) is 5.30. The van der Waals surface area contributed by atoms with Gasteiger partial charge in [-0.1, -0.05) is 55.4 Å². The molecule has 1 aliphatic heterocycles. The number of nitrogens with zero attached hydrogens (tertiary/aromatic N) is 1. The van der Waals surface area contributed by atoms with Crippen molar-refractivity contribution in [2.24, 2.45) is 0 Å². The number of halogens is 1. The van der Waals surface area contributed by atoms with E-state index in [2.05, 4.69) is 22.2 Å². The van der Waals surface area contributed by atoms with Crippen molar-refractivity contribution in [3.8, 4) is 5.75 Å². The molecule has 0 bridgehead atoms. The largest absolute Gasteiger partial charge is 0.494 e. The highest BCUT2D eigenvalue weighted by Gasteiger charge is 2.31. The van der Waals surface area contributed by atoms with Crippen LogP contribution in [0.3, 0.4) is 0 Å².